The maximum absolute atomic E-state index is 12.7. The third-order valence-corrected chi connectivity index (χ3v) is 6.08. The van der Waals surface area contributed by atoms with Crippen LogP contribution in [0.25, 0.3) is 0 Å². The Hall–Kier alpha value is -2.16. The summed E-state index contributed by atoms with van der Waals surface area (Å²) in [6.07, 6.45) is 1.32. The van der Waals surface area contributed by atoms with E-state index in [2.05, 4.69) is 5.32 Å². The fourth-order valence-corrected chi connectivity index (χ4v) is 4.18. The average molecular weight is 365 g/mol. The van der Waals surface area contributed by atoms with Crippen molar-refractivity contribution in [2.45, 2.75) is 32.2 Å². The first-order valence-corrected chi connectivity index (χ1v) is 9.47. The van der Waals surface area contributed by atoms with Crippen LogP contribution in [0.4, 0.5) is 5.69 Å². The number of nitrogens with zero attached hydrogens (tertiary/aromatic N) is 1. The standard InChI is InChI=1S/C17H23N3O4S/c1-4-20(5-2)25(22,23)16-9-14(7-6-12(16)3)19-17(21)13-8-15(10-18)24-11-13/h6-9,11H,4-5,10,18H2,1-3H3,(H,19,21). The topological polar surface area (TPSA) is 106 Å². The van der Waals surface area contributed by atoms with Crippen molar-refractivity contribution < 1.29 is 17.6 Å². The number of nitrogens with one attached hydrogen (secondary N) is 1. The number of amides is 1. The summed E-state index contributed by atoms with van der Waals surface area (Å²) in [6.45, 7) is 6.26. The lowest BCUT2D eigenvalue weighted by atomic mass is 10.2. The number of nitrogens with two attached hydrogens (primary N) is 1. The van der Waals surface area contributed by atoms with Gasteiger partial charge in [-0.2, -0.15) is 4.31 Å². The number of furan rings is 1. The van der Waals surface area contributed by atoms with E-state index < -0.39 is 15.9 Å². The van der Waals surface area contributed by atoms with Crippen LogP contribution in [0.1, 0.15) is 35.5 Å². The van der Waals surface area contributed by atoms with E-state index in [4.69, 9.17) is 10.2 Å². The fraction of sp³-hybridized carbons (Fsp3) is 0.353. The van der Waals surface area contributed by atoms with Gasteiger partial charge in [0.25, 0.3) is 5.91 Å². The van der Waals surface area contributed by atoms with Crippen molar-refractivity contribution in [2.75, 3.05) is 18.4 Å². The van der Waals surface area contributed by atoms with Crippen molar-refractivity contribution in [3.8, 4) is 0 Å². The van der Waals surface area contributed by atoms with Gasteiger partial charge < -0.3 is 15.5 Å². The Morgan fingerprint density at radius 2 is 1.92 bits per heavy atom. The lowest BCUT2D eigenvalue weighted by molar-refractivity contribution is 0.102. The van der Waals surface area contributed by atoms with Gasteiger partial charge in [-0.05, 0) is 30.7 Å². The molecule has 0 radical (unpaired) electrons. The summed E-state index contributed by atoms with van der Waals surface area (Å²) in [5.74, 6) is 0.109. The van der Waals surface area contributed by atoms with E-state index in [1.807, 2.05) is 0 Å². The molecule has 0 atom stereocenters. The number of hydrogen-bond acceptors (Lipinski definition) is 5. The minimum Gasteiger partial charge on any atom is -0.467 e. The van der Waals surface area contributed by atoms with Crippen LogP contribution in [0.3, 0.4) is 0 Å². The van der Waals surface area contributed by atoms with Gasteiger partial charge in [0.15, 0.2) is 0 Å². The molecular formula is C17H23N3O4S. The highest BCUT2D eigenvalue weighted by molar-refractivity contribution is 7.89. The Morgan fingerprint density at radius 1 is 1.24 bits per heavy atom. The van der Waals surface area contributed by atoms with Gasteiger partial charge in [-0.3, -0.25) is 4.79 Å². The number of sulfonamides is 1. The van der Waals surface area contributed by atoms with Crippen molar-refractivity contribution in [3.05, 3.63) is 47.4 Å². The van der Waals surface area contributed by atoms with Gasteiger partial charge in [-0.25, -0.2) is 8.42 Å². The number of anilines is 1. The molecule has 0 saturated carbocycles. The number of carbonyl (C=O) groups excluding carboxylic acids is 1. The Morgan fingerprint density at radius 3 is 2.48 bits per heavy atom. The van der Waals surface area contributed by atoms with E-state index in [9.17, 15) is 13.2 Å². The van der Waals surface area contributed by atoms with Crippen LogP contribution in [-0.4, -0.2) is 31.7 Å². The van der Waals surface area contributed by atoms with E-state index >= 15 is 0 Å². The summed E-state index contributed by atoms with van der Waals surface area (Å²) in [5, 5.41) is 2.69. The molecule has 2 aromatic rings. The molecule has 1 aromatic heterocycles. The highest BCUT2D eigenvalue weighted by Gasteiger charge is 2.24. The predicted octanol–water partition coefficient (Wildman–Crippen LogP) is 2.33. The third kappa shape index (κ3) is 4.09. The zero-order chi connectivity index (χ0) is 18.6. The number of aryl methyl sites for hydroxylation is 1. The summed E-state index contributed by atoms with van der Waals surface area (Å²) in [5.41, 5.74) is 6.81. The van der Waals surface area contributed by atoms with Crippen molar-refractivity contribution in [1.29, 1.82) is 0 Å². The first-order valence-electron chi connectivity index (χ1n) is 8.03. The second-order valence-corrected chi connectivity index (χ2v) is 7.44. The van der Waals surface area contributed by atoms with Crippen molar-refractivity contribution in [3.63, 3.8) is 0 Å². The maximum atomic E-state index is 12.7. The van der Waals surface area contributed by atoms with Crippen LogP contribution in [0, 0.1) is 6.92 Å². The highest BCUT2D eigenvalue weighted by atomic mass is 32.2. The van der Waals surface area contributed by atoms with Gasteiger partial charge in [-0.1, -0.05) is 19.9 Å². The van der Waals surface area contributed by atoms with Gasteiger partial charge in [0.05, 0.1) is 17.0 Å². The molecule has 0 unspecified atom stereocenters. The molecular weight excluding hydrogens is 342 g/mol. The average Bonchev–Trinajstić information content (AvgIpc) is 3.06. The van der Waals surface area contributed by atoms with Gasteiger partial charge >= 0.3 is 0 Å². The Labute approximate surface area is 147 Å². The Bertz CT molecular complexity index is 855. The van der Waals surface area contributed by atoms with Crippen LogP contribution in [0.5, 0.6) is 0 Å². The first kappa shape index (κ1) is 19.2. The molecule has 1 heterocycles. The molecule has 0 bridgehead atoms. The predicted molar refractivity (Wildman–Crippen MR) is 95.8 cm³/mol. The van der Waals surface area contributed by atoms with Crippen molar-refractivity contribution in [1.82, 2.24) is 4.31 Å². The smallest absolute Gasteiger partial charge is 0.258 e. The fourth-order valence-electron chi connectivity index (χ4n) is 2.47. The minimum absolute atomic E-state index is 0.184. The van der Waals surface area contributed by atoms with Crippen molar-refractivity contribution >= 4 is 21.6 Å². The van der Waals surface area contributed by atoms with E-state index in [0.717, 1.165) is 0 Å². The van der Waals surface area contributed by atoms with Gasteiger partial charge in [0, 0.05) is 18.8 Å². The van der Waals surface area contributed by atoms with Crippen LogP contribution in [0.2, 0.25) is 0 Å². The maximum Gasteiger partial charge on any atom is 0.258 e. The second-order valence-electron chi connectivity index (χ2n) is 5.53. The molecule has 2 rings (SSSR count). The summed E-state index contributed by atoms with van der Waals surface area (Å²) in [7, 11) is -3.61. The lowest BCUT2D eigenvalue weighted by Crippen LogP contribution is -2.31. The van der Waals surface area contributed by atoms with Crippen LogP contribution >= 0.6 is 0 Å². The molecule has 136 valence electrons. The van der Waals surface area contributed by atoms with Crippen LogP contribution in [-0.2, 0) is 16.6 Å². The molecule has 0 aliphatic rings. The summed E-state index contributed by atoms with van der Waals surface area (Å²) in [4.78, 5) is 12.4. The molecule has 1 amide bonds. The number of hydrogen-bond donors (Lipinski definition) is 2. The second kappa shape index (κ2) is 7.81. The zero-order valence-corrected chi connectivity index (χ0v) is 15.4. The molecule has 0 spiro atoms. The molecule has 7 nitrogen and oxygen atoms in total. The summed E-state index contributed by atoms with van der Waals surface area (Å²) in [6, 6.07) is 6.37. The molecule has 8 heteroatoms. The Balaban J connectivity index is 2.31. The minimum atomic E-state index is -3.61. The number of benzene rings is 1. The van der Waals surface area contributed by atoms with E-state index in [-0.39, 0.29) is 11.4 Å². The molecule has 3 N–H and O–H groups in total. The number of carbonyl (C=O) groups is 1. The molecule has 0 aliphatic carbocycles. The highest BCUT2D eigenvalue weighted by Crippen LogP contribution is 2.24. The number of rotatable bonds is 7. The SMILES string of the molecule is CCN(CC)S(=O)(=O)c1cc(NC(=O)c2coc(CN)c2)ccc1C. The van der Waals surface area contributed by atoms with Gasteiger partial charge in [0.2, 0.25) is 10.0 Å². The summed E-state index contributed by atoms with van der Waals surface area (Å²) < 4.78 is 32.0. The van der Waals surface area contributed by atoms with Gasteiger partial charge in [0.1, 0.15) is 12.0 Å². The largest absolute Gasteiger partial charge is 0.467 e. The quantitative estimate of drug-likeness (QED) is 0.783. The first-order chi connectivity index (χ1) is 11.8. The van der Waals surface area contributed by atoms with E-state index in [0.29, 0.717) is 35.7 Å². The van der Waals surface area contributed by atoms with Gasteiger partial charge in [-0.15, -0.1) is 0 Å². The Kier molecular flexibility index (Phi) is 5.99. The van der Waals surface area contributed by atoms with Crippen LogP contribution in [0.15, 0.2) is 39.8 Å². The van der Waals surface area contributed by atoms with E-state index in [1.54, 1.807) is 39.0 Å². The molecule has 0 aliphatic heterocycles. The lowest BCUT2D eigenvalue weighted by Gasteiger charge is -2.20. The van der Waals surface area contributed by atoms with Crippen LogP contribution < -0.4 is 11.1 Å². The normalized spacial score (nSPS) is 11.7. The monoisotopic (exact) mass is 365 g/mol. The van der Waals surface area contributed by atoms with Crippen molar-refractivity contribution in [2.24, 2.45) is 5.73 Å². The molecule has 25 heavy (non-hydrogen) atoms. The molecule has 0 fully saturated rings. The molecule has 1 aromatic carbocycles. The van der Waals surface area contributed by atoms with E-state index in [1.165, 1.54) is 16.6 Å². The summed E-state index contributed by atoms with van der Waals surface area (Å²) >= 11 is 0. The zero-order valence-electron chi connectivity index (χ0n) is 14.6. The third-order valence-electron chi connectivity index (χ3n) is 3.89. The molecule has 0 saturated heterocycles.